The molecule has 0 radical (unpaired) electrons. The number of carboxylic acids is 1. The third-order valence-electron chi connectivity index (χ3n) is 3.62. The lowest BCUT2D eigenvalue weighted by Crippen LogP contribution is -2.32. The van der Waals surface area contributed by atoms with E-state index in [1.165, 1.54) is 11.1 Å². The van der Waals surface area contributed by atoms with Crippen molar-refractivity contribution in [1.29, 1.82) is 0 Å². The number of hydrogen-bond donors (Lipinski definition) is 1. The van der Waals surface area contributed by atoms with Crippen LogP contribution in [-0.4, -0.2) is 28.6 Å². The van der Waals surface area contributed by atoms with Crippen molar-refractivity contribution in [2.45, 2.75) is 32.7 Å². The van der Waals surface area contributed by atoms with Crippen LogP contribution in [0.15, 0.2) is 48.8 Å². The lowest BCUT2D eigenvalue weighted by molar-refractivity contribution is -0.136. The summed E-state index contributed by atoms with van der Waals surface area (Å²) in [6.07, 6.45) is 4.63. The molecule has 1 N–H and O–H groups in total. The molecular weight excluding hydrogens is 276 g/mol. The van der Waals surface area contributed by atoms with E-state index in [0.29, 0.717) is 6.54 Å². The van der Waals surface area contributed by atoms with Gasteiger partial charge in [0.25, 0.3) is 0 Å². The lowest BCUT2D eigenvalue weighted by atomic mass is 10.1. The SMILES string of the molecule is CC(C)N(CCC(=O)O)c1ccc(Cc2ccncc2)cc1. The Labute approximate surface area is 131 Å². The van der Waals surface area contributed by atoms with Crippen LogP contribution in [0.4, 0.5) is 5.69 Å². The van der Waals surface area contributed by atoms with E-state index in [1.807, 2.05) is 12.1 Å². The zero-order valence-corrected chi connectivity index (χ0v) is 13.1. The van der Waals surface area contributed by atoms with Gasteiger partial charge in [-0.1, -0.05) is 12.1 Å². The Morgan fingerprint density at radius 1 is 1.09 bits per heavy atom. The van der Waals surface area contributed by atoms with Gasteiger partial charge in [-0.25, -0.2) is 0 Å². The van der Waals surface area contributed by atoms with Crippen molar-refractivity contribution in [1.82, 2.24) is 4.98 Å². The second kappa shape index (κ2) is 7.59. The molecule has 4 nitrogen and oxygen atoms in total. The van der Waals surface area contributed by atoms with Gasteiger partial charge in [0.1, 0.15) is 0 Å². The topological polar surface area (TPSA) is 53.4 Å². The van der Waals surface area contributed by atoms with E-state index in [2.05, 4.69) is 48.0 Å². The Hall–Kier alpha value is -2.36. The summed E-state index contributed by atoms with van der Waals surface area (Å²) in [5, 5.41) is 8.87. The van der Waals surface area contributed by atoms with Gasteiger partial charge in [0.2, 0.25) is 0 Å². The summed E-state index contributed by atoms with van der Waals surface area (Å²) < 4.78 is 0. The van der Waals surface area contributed by atoms with Gasteiger partial charge in [-0.3, -0.25) is 9.78 Å². The standard InChI is InChI=1S/C18H22N2O2/c1-14(2)20(12-9-18(21)22)17-5-3-15(4-6-17)13-16-7-10-19-11-8-16/h3-8,10-11,14H,9,12-13H2,1-2H3,(H,21,22). The molecule has 0 unspecified atom stereocenters. The average molecular weight is 298 g/mol. The van der Waals surface area contributed by atoms with Crippen LogP contribution >= 0.6 is 0 Å². The molecule has 22 heavy (non-hydrogen) atoms. The lowest BCUT2D eigenvalue weighted by Gasteiger charge is -2.28. The summed E-state index contributed by atoms with van der Waals surface area (Å²) in [5.74, 6) is -0.764. The van der Waals surface area contributed by atoms with E-state index in [9.17, 15) is 4.79 Å². The monoisotopic (exact) mass is 298 g/mol. The van der Waals surface area contributed by atoms with Gasteiger partial charge in [-0.05, 0) is 55.7 Å². The molecule has 0 saturated heterocycles. The fraction of sp³-hybridized carbons (Fsp3) is 0.333. The number of aliphatic carboxylic acids is 1. The van der Waals surface area contributed by atoms with Crippen LogP contribution in [0.3, 0.4) is 0 Å². The summed E-state index contributed by atoms with van der Waals surface area (Å²) >= 11 is 0. The first-order chi connectivity index (χ1) is 10.6. The van der Waals surface area contributed by atoms with Crippen LogP contribution in [0, 0.1) is 0 Å². The molecule has 0 aliphatic heterocycles. The molecule has 0 aliphatic carbocycles. The number of hydrogen-bond acceptors (Lipinski definition) is 3. The van der Waals surface area contributed by atoms with Crippen LogP contribution in [0.2, 0.25) is 0 Å². The van der Waals surface area contributed by atoms with Gasteiger partial charge >= 0.3 is 5.97 Å². The number of pyridine rings is 1. The van der Waals surface area contributed by atoms with E-state index in [0.717, 1.165) is 12.1 Å². The first-order valence-electron chi connectivity index (χ1n) is 7.52. The van der Waals surface area contributed by atoms with E-state index < -0.39 is 5.97 Å². The molecular formula is C18H22N2O2. The molecule has 0 saturated carbocycles. The van der Waals surface area contributed by atoms with Gasteiger partial charge in [0.15, 0.2) is 0 Å². The maximum Gasteiger partial charge on any atom is 0.305 e. The van der Waals surface area contributed by atoms with Crippen LogP contribution < -0.4 is 4.90 Å². The quantitative estimate of drug-likeness (QED) is 0.851. The van der Waals surface area contributed by atoms with Crippen LogP contribution in [0.5, 0.6) is 0 Å². The first kappa shape index (κ1) is 16.0. The summed E-state index contributed by atoms with van der Waals surface area (Å²) in [5.41, 5.74) is 3.53. The number of carbonyl (C=O) groups is 1. The summed E-state index contributed by atoms with van der Waals surface area (Å²) in [4.78, 5) is 16.9. The molecule has 0 atom stereocenters. The Morgan fingerprint density at radius 2 is 1.68 bits per heavy atom. The third-order valence-corrected chi connectivity index (χ3v) is 3.62. The molecule has 2 aromatic rings. The number of benzene rings is 1. The minimum absolute atomic E-state index is 0.150. The second-order valence-electron chi connectivity index (χ2n) is 5.63. The van der Waals surface area contributed by atoms with Crippen molar-refractivity contribution < 1.29 is 9.90 Å². The number of rotatable bonds is 7. The highest BCUT2D eigenvalue weighted by Crippen LogP contribution is 2.19. The molecule has 0 aliphatic rings. The minimum Gasteiger partial charge on any atom is -0.481 e. The number of carboxylic acid groups (broad SMARTS) is 1. The first-order valence-corrected chi connectivity index (χ1v) is 7.52. The third kappa shape index (κ3) is 4.58. The molecule has 1 aromatic carbocycles. The van der Waals surface area contributed by atoms with E-state index in [-0.39, 0.29) is 12.5 Å². The minimum atomic E-state index is -0.764. The molecule has 1 aromatic heterocycles. The molecule has 2 rings (SSSR count). The van der Waals surface area contributed by atoms with Gasteiger partial charge in [0, 0.05) is 30.7 Å². The highest BCUT2D eigenvalue weighted by atomic mass is 16.4. The Morgan fingerprint density at radius 3 is 2.23 bits per heavy atom. The maximum absolute atomic E-state index is 10.8. The largest absolute Gasteiger partial charge is 0.481 e. The maximum atomic E-state index is 10.8. The molecule has 0 fully saturated rings. The number of aromatic nitrogens is 1. The van der Waals surface area contributed by atoms with E-state index in [4.69, 9.17) is 5.11 Å². The fourth-order valence-corrected chi connectivity index (χ4v) is 2.44. The van der Waals surface area contributed by atoms with Gasteiger partial charge < -0.3 is 10.0 Å². The number of anilines is 1. The van der Waals surface area contributed by atoms with E-state index >= 15 is 0 Å². The Kier molecular flexibility index (Phi) is 5.53. The predicted octanol–water partition coefficient (Wildman–Crippen LogP) is 3.36. The number of nitrogens with zero attached hydrogens (tertiary/aromatic N) is 2. The van der Waals surface area contributed by atoms with Crippen LogP contribution in [-0.2, 0) is 11.2 Å². The van der Waals surface area contributed by atoms with Crippen LogP contribution in [0.25, 0.3) is 0 Å². The van der Waals surface area contributed by atoms with Crippen molar-refractivity contribution >= 4 is 11.7 Å². The fourth-order valence-electron chi connectivity index (χ4n) is 2.44. The van der Waals surface area contributed by atoms with Gasteiger partial charge in [0.05, 0.1) is 6.42 Å². The molecule has 0 amide bonds. The molecule has 4 heteroatoms. The molecule has 0 spiro atoms. The van der Waals surface area contributed by atoms with E-state index in [1.54, 1.807) is 12.4 Å². The zero-order valence-electron chi connectivity index (χ0n) is 13.1. The van der Waals surface area contributed by atoms with Crippen molar-refractivity contribution in [3.05, 3.63) is 59.9 Å². The second-order valence-corrected chi connectivity index (χ2v) is 5.63. The molecule has 1 heterocycles. The normalized spacial score (nSPS) is 10.7. The summed E-state index contributed by atoms with van der Waals surface area (Å²) in [6, 6.07) is 12.6. The molecule has 116 valence electrons. The van der Waals surface area contributed by atoms with Crippen molar-refractivity contribution in [3.63, 3.8) is 0 Å². The summed E-state index contributed by atoms with van der Waals surface area (Å²) in [7, 11) is 0. The van der Waals surface area contributed by atoms with Crippen molar-refractivity contribution in [3.8, 4) is 0 Å². The molecule has 0 bridgehead atoms. The highest BCUT2D eigenvalue weighted by molar-refractivity contribution is 5.67. The Bertz CT molecular complexity index is 594. The summed E-state index contributed by atoms with van der Waals surface area (Å²) in [6.45, 7) is 4.68. The van der Waals surface area contributed by atoms with Crippen molar-refractivity contribution in [2.75, 3.05) is 11.4 Å². The van der Waals surface area contributed by atoms with Gasteiger partial charge in [-0.15, -0.1) is 0 Å². The Balaban J connectivity index is 2.07. The zero-order chi connectivity index (χ0) is 15.9. The predicted molar refractivity (Wildman–Crippen MR) is 88.2 cm³/mol. The van der Waals surface area contributed by atoms with Crippen molar-refractivity contribution in [2.24, 2.45) is 0 Å². The average Bonchev–Trinajstić information content (AvgIpc) is 2.49. The van der Waals surface area contributed by atoms with Crippen LogP contribution in [0.1, 0.15) is 31.4 Å². The van der Waals surface area contributed by atoms with Gasteiger partial charge in [-0.2, -0.15) is 0 Å². The highest BCUT2D eigenvalue weighted by Gasteiger charge is 2.12. The smallest absolute Gasteiger partial charge is 0.305 e.